The zero-order valence-corrected chi connectivity index (χ0v) is 33.9. The number of benzene rings is 6. The molecular formula is C50H42ClF2N2O5+. The molecule has 0 bridgehead atoms. The minimum Gasteiger partial charge on any atom is -0.481 e. The van der Waals surface area contributed by atoms with E-state index in [-0.39, 0.29) is 26.0 Å². The number of oxazole rings is 1. The number of hydrogen-bond donors (Lipinski definition) is 1. The van der Waals surface area contributed by atoms with Gasteiger partial charge in [0.2, 0.25) is 5.58 Å². The van der Waals surface area contributed by atoms with Gasteiger partial charge in [-0.15, -0.1) is 0 Å². The maximum atomic E-state index is 15.1. The monoisotopic (exact) mass is 823 g/mol. The van der Waals surface area contributed by atoms with E-state index < -0.39 is 23.0 Å². The Balaban J connectivity index is 1.38. The molecule has 2 heterocycles. The molecule has 8 rings (SSSR count). The molecule has 1 aliphatic heterocycles. The number of fused-ring (bicyclic) bond motifs is 7. The SMILES string of the molecule is CC(=CC=CC=C1N(CCC(=O)O)c2c(c3ccccc3c3ccccc23)C1(Cc1cc(F)cc(F)c1)Cc1ccccc1C)c1oc2ccc(Cl)cc2[n+]1CCOC=O. The fraction of sp³-hybridized carbons (Fsp3) is 0.180. The Labute approximate surface area is 351 Å². The number of aliphatic carboxylic acids is 1. The number of aromatic nitrogens is 1. The van der Waals surface area contributed by atoms with Gasteiger partial charge in [0.25, 0.3) is 12.0 Å². The first-order valence-electron chi connectivity index (χ1n) is 19.7. The predicted molar refractivity (Wildman–Crippen MR) is 232 cm³/mol. The molecule has 7 nitrogen and oxygen atoms in total. The third-order valence-corrected chi connectivity index (χ3v) is 11.6. The van der Waals surface area contributed by atoms with Crippen LogP contribution in [0.5, 0.6) is 0 Å². The van der Waals surface area contributed by atoms with Crippen molar-refractivity contribution in [2.75, 3.05) is 18.1 Å². The zero-order valence-electron chi connectivity index (χ0n) is 33.1. The van der Waals surface area contributed by atoms with E-state index in [0.717, 1.165) is 66.8 Å². The van der Waals surface area contributed by atoms with Crippen molar-refractivity contribution in [3.8, 4) is 0 Å². The van der Waals surface area contributed by atoms with Crippen LogP contribution in [-0.4, -0.2) is 30.7 Å². The van der Waals surface area contributed by atoms with Gasteiger partial charge in [0, 0.05) is 40.2 Å². The Morgan fingerprint density at radius 2 is 1.57 bits per heavy atom. The molecule has 0 radical (unpaired) electrons. The van der Waals surface area contributed by atoms with Crippen molar-refractivity contribution in [1.29, 1.82) is 0 Å². The summed E-state index contributed by atoms with van der Waals surface area (Å²) in [5.41, 5.74) is 6.44. The van der Waals surface area contributed by atoms with E-state index in [1.54, 1.807) is 18.2 Å². The average molecular weight is 824 g/mol. The normalized spacial score (nSPS) is 16.1. The van der Waals surface area contributed by atoms with E-state index in [1.807, 2.05) is 72.2 Å². The Hall–Kier alpha value is -6.58. The van der Waals surface area contributed by atoms with Crippen molar-refractivity contribution in [2.24, 2.45) is 0 Å². The van der Waals surface area contributed by atoms with Crippen LogP contribution >= 0.6 is 11.6 Å². The Kier molecular flexibility index (Phi) is 11.4. The molecule has 1 unspecified atom stereocenters. The third kappa shape index (κ3) is 7.69. The molecule has 0 amide bonds. The molecule has 0 aliphatic carbocycles. The van der Waals surface area contributed by atoms with Gasteiger partial charge < -0.3 is 19.2 Å². The number of allylic oxidation sites excluding steroid dienone is 6. The molecule has 1 aliphatic rings. The number of aryl methyl sites for hydroxylation is 1. The first-order valence-corrected chi connectivity index (χ1v) is 20.1. The molecule has 1 atom stereocenters. The van der Waals surface area contributed by atoms with E-state index in [0.29, 0.717) is 41.5 Å². The van der Waals surface area contributed by atoms with Crippen LogP contribution < -0.4 is 9.47 Å². The number of halogens is 3. The second-order valence-corrected chi connectivity index (χ2v) is 15.6. The summed E-state index contributed by atoms with van der Waals surface area (Å²) in [7, 11) is 0. The van der Waals surface area contributed by atoms with E-state index >= 15 is 8.78 Å². The molecule has 60 heavy (non-hydrogen) atoms. The molecule has 0 saturated heterocycles. The van der Waals surface area contributed by atoms with E-state index in [2.05, 4.69) is 48.2 Å². The summed E-state index contributed by atoms with van der Waals surface area (Å²) >= 11 is 6.36. The highest BCUT2D eigenvalue weighted by atomic mass is 35.5. The van der Waals surface area contributed by atoms with Crippen LogP contribution in [0.4, 0.5) is 14.5 Å². The molecule has 1 N–H and O–H groups in total. The van der Waals surface area contributed by atoms with Crippen LogP contribution in [0.2, 0.25) is 5.02 Å². The largest absolute Gasteiger partial charge is 0.481 e. The van der Waals surface area contributed by atoms with E-state index in [1.165, 1.54) is 12.1 Å². The van der Waals surface area contributed by atoms with Crippen molar-refractivity contribution in [1.82, 2.24) is 0 Å². The minimum atomic E-state index is -0.947. The molecule has 0 fully saturated rings. The number of hydrogen-bond acceptors (Lipinski definition) is 5. The standard InChI is InChI=1S/C50H41ClF2N2O5/c1-32-11-3-5-13-35(32)30-50(29-34-25-37(52)28-38(53)26-34)45(18-10-4-12-33(2)49-54(23-24-59-31-56)43-27-36(51)19-20-44(43)60-49)55(22-21-46(57)58)48-42-17-9-7-15-40(42)39-14-6-8-16-41(39)47(48)50/h3-20,25-28,31H,21-24,29-30H2,1-2H3/p+1. The van der Waals surface area contributed by atoms with E-state index in [4.69, 9.17) is 20.8 Å². The summed E-state index contributed by atoms with van der Waals surface area (Å²) in [4.78, 5) is 25.5. The first kappa shape index (κ1) is 40.2. The van der Waals surface area contributed by atoms with Crippen molar-refractivity contribution >= 4 is 67.9 Å². The van der Waals surface area contributed by atoms with Gasteiger partial charge in [0.05, 0.1) is 17.7 Å². The van der Waals surface area contributed by atoms with Crippen molar-refractivity contribution in [2.45, 2.75) is 45.1 Å². The van der Waals surface area contributed by atoms with Gasteiger partial charge in [-0.3, -0.25) is 9.59 Å². The summed E-state index contributed by atoms with van der Waals surface area (Å²) in [5, 5.41) is 14.6. The number of carbonyl (C=O) groups excluding carboxylic acids is 1. The number of nitrogens with zero attached hydrogens (tertiary/aromatic N) is 2. The maximum absolute atomic E-state index is 15.1. The van der Waals surface area contributed by atoms with Gasteiger partial charge in [0.1, 0.15) is 11.6 Å². The molecule has 7 aromatic rings. The number of rotatable bonds is 14. The number of carboxylic acids is 1. The molecule has 0 spiro atoms. The van der Waals surface area contributed by atoms with Gasteiger partial charge in [0.15, 0.2) is 13.2 Å². The van der Waals surface area contributed by atoms with Gasteiger partial charge >= 0.3 is 11.9 Å². The van der Waals surface area contributed by atoms with Gasteiger partial charge in [-0.2, -0.15) is 4.57 Å². The lowest BCUT2D eigenvalue weighted by Crippen LogP contribution is -2.38. The highest BCUT2D eigenvalue weighted by Gasteiger charge is 2.49. The Morgan fingerprint density at radius 1 is 0.883 bits per heavy atom. The number of anilines is 1. The number of ether oxygens (including phenoxy) is 1. The average Bonchev–Trinajstić information content (AvgIpc) is 3.71. The maximum Gasteiger partial charge on any atom is 0.377 e. The van der Waals surface area contributed by atoms with Crippen LogP contribution in [0.25, 0.3) is 38.2 Å². The Morgan fingerprint density at radius 3 is 2.28 bits per heavy atom. The van der Waals surface area contributed by atoms with Crippen LogP contribution in [0, 0.1) is 18.6 Å². The van der Waals surface area contributed by atoms with E-state index in [9.17, 15) is 14.7 Å². The smallest absolute Gasteiger partial charge is 0.377 e. The van der Waals surface area contributed by atoms with Crippen LogP contribution in [-0.2, 0) is 39.1 Å². The van der Waals surface area contributed by atoms with Crippen molar-refractivity contribution < 1.29 is 37.2 Å². The summed E-state index contributed by atoms with van der Waals surface area (Å²) in [6, 6.07) is 33.4. The molecule has 10 heteroatoms. The highest BCUT2D eigenvalue weighted by Crippen LogP contribution is 2.57. The summed E-state index contributed by atoms with van der Waals surface area (Å²) in [5.74, 6) is -1.74. The van der Waals surface area contributed by atoms with Crippen LogP contribution in [0.15, 0.2) is 144 Å². The zero-order chi connectivity index (χ0) is 42.0. The summed E-state index contributed by atoms with van der Waals surface area (Å²) in [6.45, 7) is 4.99. The lowest BCUT2D eigenvalue weighted by molar-refractivity contribution is -0.679. The fourth-order valence-corrected chi connectivity index (χ4v) is 9.05. The van der Waals surface area contributed by atoms with Gasteiger partial charge in [-0.05, 0) is 102 Å². The lowest BCUT2D eigenvalue weighted by atomic mass is 9.68. The lowest BCUT2D eigenvalue weighted by Gasteiger charge is -2.35. The van der Waals surface area contributed by atoms with Crippen molar-refractivity contribution in [3.63, 3.8) is 0 Å². The highest BCUT2D eigenvalue weighted by molar-refractivity contribution is 6.31. The fourth-order valence-electron chi connectivity index (χ4n) is 8.88. The number of carboxylic acid groups (broad SMARTS) is 1. The molecule has 0 saturated carbocycles. The van der Waals surface area contributed by atoms with Crippen molar-refractivity contribution in [3.05, 3.63) is 184 Å². The van der Waals surface area contributed by atoms with Crippen LogP contribution in [0.1, 0.15) is 41.5 Å². The quantitative estimate of drug-likeness (QED) is 0.0387. The van der Waals surface area contributed by atoms with Gasteiger partial charge in [-0.1, -0.05) is 96.5 Å². The second kappa shape index (κ2) is 17.0. The summed E-state index contributed by atoms with van der Waals surface area (Å²) in [6.07, 6.45) is 8.24. The topological polar surface area (TPSA) is 83.9 Å². The Bertz CT molecular complexity index is 2880. The summed E-state index contributed by atoms with van der Waals surface area (Å²) < 4.78 is 43.5. The first-order chi connectivity index (χ1) is 29.1. The molecule has 302 valence electrons. The molecule has 6 aromatic carbocycles. The molecular weight excluding hydrogens is 782 g/mol. The molecule has 1 aromatic heterocycles. The third-order valence-electron chi connectivity index (χ3n) is 11.4. The minimum absolute atomic E-state index is 0.131. The van der Waals surface area contributed by atoms with Crippen LogP contribution in [0.3, 0.4) is 0 Å². The van der Waals surface area contributed by atoms with Gasteiger partial charge in [-0.25, -0.2) is 8.78 Å². The second-order valence-electron chi connectivity index (χ2n) is 15.2. The predicted octanol–water partition coefficient (Wildman–Crippen LogP) is 11.0. The number of carbonyl (C=O) groups is 2.